The van der Waals surface area contributed by atoms with Crippen LogP contribution in [0, 0.1) is 0 Å². The van der Waals surface area contributed by atoms with Gasteiger partial charge < -0.3 is 15.0 Å². The van der Waals surface area contributed by atoms with Crippen LogP contribution in [0.2, 0.25) is 0 Å². The number of carboxylic acids is 1. The molecular weight excluding hydrogens is 344 g/mol. The summed E-state index contributed by atoms with van der Waals surface area (Å²) in [6.07, 6.45) is 2.78. The quantitative estimate of drug-likeness (QED) is 0.858. The highest BCUT2D eigenvalue weighted by Gasteiger charge is 2.15. The highest BCUT2D eigenvalue weighted by Crippen LogP contribution is 2.23. The molecule has 0 aromatic carbocycles. The SMILES string of the molecule is CCCn1cc(Br)cc1C(=O)Nc1ccc(C(=O)O)s1. The molecule has 106 valence electrons. The second-order valence-electron chi connectivity index (χ2n) is 4.16. The molecule has 2 rings (SSSR count). The van der Waals surface area contributed by atoms with Gasteiger partial charge in [0.05, 0.1) is 5.00 Å². The third kappa shape index (κ3) is 3.29. The van der Waals surface area contributed by atoms with E-state index in [4.69, 9.17) is 5.11 Å². The lowest BCUT2D eigenvalue weighted by Gasteiger charge is -2.07. The van der Waals surface area contributed by atoms with Gasteiger partial charge in [-0.25, -0.2) is 4.79 Å². The van der Waals surface area contributed by atoms with Crippen molar-refractivity contribution in [2.45, 2.75) is 19.9 Å². The fourth-order valence-corrected chi connectivity index (χ4v) is 2.99. The highest BCUT2D eigenvalue weighted by molar-refractivity contribution is 9.10. The minimum Gasteiger partial charge on any atom is -0.477 e. The number of nitrogens with zero attached hydrogens (tertiary/aromatic N) is 1. The van der Waals surface area contributed by atoms with E-state index in [2.05, 4.69) is 21.2 Å². The predicted molar refractivity (Wildman–Crippen MR) is 81.7 cm³/mol. The summed E-state index contributed by atoms with van der Waals surface area (Å²) in [7, 11) is 0. The molecular formula is C13H13BrN2O3S. The zero-order valence-electron chi connectivity index (χ0n) is 10.7. The molecule has 0 saturated carbocycles. The van der Waals surface area contributed by atoms with E-state index in [1.54, 1.807) is 12.1 Å². The number of halogens is 1. The third-order valence-electron chi connectivity index (χ3n) is 2.61. The smallest absolute Gasteiger partial charge is 0.345 e. The predicted octanol–water partition coefficient (Wildman–Crippen LogP) is 3.67. The average Bonchev–Trinajstić information content (AvgIpc) is 2.97. The number of rotatable bonds is 5. The lowest BCUT2D eigenvalue weighted by atomic mass is 10.3. The van der Waals surface area contributed by atoms with Crippen LogP contribution in [0.4, 0.5) is 5.00 Å². The van der Waals surface area contributed by atoms with Gasteiger partial charge in [-0.1, -0.05) is 6.92 Å². The number of thiophene rings is 1. The summed E-state index contributed by atoms with van der Waals surface area (Å²) in [5.41, 5.74) is 0.545. The van der Waals surface area contributed by atoms with Crippen molar-refractivity contribution in [3.05, 3.63) is 39.4 Å². The van der Waals surface area contributed by atoms with Crippen LogP contribution in [0.3, 0.4) is 0 Å². The summed E-state index contributed by atoms with van der Waals surface area (Å²) in [5.74, 6) is -1.24. The fraction of sp³-hybridized carbons (Fsp3) is 0.231. The lowest BCUT2D eigenvalue weighted by Crippen LogP contribution is -2.16. The molecule has 0 aliphatic rings. The van der Waals surface area contributed by atoms with Crippen molar-refractivity contribution in [2.75, 3.05) is 5.32 Å². The van der Waals surface area contributed by atoms with Crippen molar-refractivity contribution in [2.24, 2.45) is 0 Å². The molecule has 0 aliphatic heterocycles. The molecule has 0 fully saturated rings. The topological polar surface area (TPSA) is 71.3 Å². The molecule has 5 nitrogen and oxygen atoms in total. The summed E-state index contributed by atoms with van der Waals surface area (Å²) in [6, 6.07) is 4.81. The van der Waals surface area contributed by atoms with Crippen LogP contribution < -0.4 is 5.32 Å². The molecule has 2 aromatic heterocycles. The monoisotopic (exact) mass is 356 g/mol. The van der Waals surface area contributed by atoms with E-state index >= 15 is 0 Å². The van der Waals surface area contributed by atoms with Crippen molar-refractivity contribution in [1.82, 2.24) is 4.57 Å². The number of hydrogen-bond donors (Lipinski definition) is 2. The van der Waals surface area contributed by atoms with E-state index in [1.807, 2.05) is 17.7 Å². The summed E-state index contributed by atoms with van der Waals surface area (Å²) in [5, 5.41) is 12.1. The van der Waals surface area contributed by atoms with Crippen molar-refractivity contribution in [3.63, 3.8) is 0 Å². The van der Waals surface area contributed by atoms with E-state index in [-0.39, 0.29) is 10.8 Å². The second-order valence-corrected chi connectivity index (χ2v) is 6.16. The molecule has 2 heterocycles. The number of carboxylic acid groups (broad SMARTS) is 1. The van der Waals surface area contributed by atoms with E-state index in [0.29, 0.717) is 10.7 Å². The molecule has 7 heteroatoms. The number of amides is 1. The maximum Gasteiger partial charge on any atom is 0.345 e. The van der Waals surface area contributed by atoms with Gasteiger partial charge >= 0.3 is 5.97 Å². The fourth-order valence-electron chi connectivity index (χ4n) is 1.79. The second kappa shape index (κ2) is 6.23. The van der Waals surface area contributed by atoms with Crippen LogP contribution in [0.5, 0.6) is 0 Å². The Kier molecular flexibility index (Phi) is 4.61. The first-order valence-corrected chi connectivity index (χ1v) is 7.62. The number of carbonyl (C=O) groups is 2. The first-order chi connectivity index (χ1) is 9.51. The maximum absolute atomic E-state index is 12.2. The Bertz CT molecular complexity index is 648. The Morgan fingerprint density at radius 1 is 1.45 bits per heavy atom. The van der Waals surface area contributed by atoms with Gasteiger partial charge in [-0.05, 0) is 40.5 Å². The van der Waals surface area contributed by atoms with E-state index in [1.165, 1.54) is 6.07 Å². The van der Waals surface area contributed by atoms with Crippen LogP contribution in [0.25, 0.3) is 0 Å². The molecule has 0 saturated heterocycles. The number of aromatic carboxylic acids is 1. The van der Waals surface area contributed by atoms with Crippen molar-refractivity contribution >= 4 is 44.1 Å². The number of carbonyl (C=O) groups excluding carboxylic acids is 1. The van der Waals surface area contributed by atoms with Gasteiger partial charge in [0.1, 0.15) is 10.6 Å². The lowest BCUT2D eigenvalue weighted by molar-refractivity contribution is 0.0702. The molecule has 2 N–H and O–H groups in total. The van der Waals surface area contributed by atoms with Crippen LogP contribution in [0.15, 0.2) is 28.9 Å². The minimum absolute atomic E-state index is 0.199. The molecule has 0 bridgehead atoms. The van der Waals surface area contributed by atoms with Crippen molar-refractivity contribution in [3.8, 4) is 0 Å². The molecule has 0 aliphatic carbocycles. The Morgan fingerprint density at radius 3 is 2.80 bits per heavy atom. The van der Waals surface area contributed by atoms with Crippen LogP contribution in [-0.4, -0.2) is 21.6 Å². The molecule has 0 spiro atoms. The standard InChI is InChI=1S/C13H13BrN2O3S/c1-2-5-16-7-8(14)6-9(16)12(17)15-11-4-3-10(20-11)13(18)19/h3-4,6-7H,2,5H2,1H3,(H,15,17)(H,18,19). The van der Waals surface area contributed by atoms with Gasteiger partial charge in [-0.2, -0.15) is 0 Å². The van der Waals surface area contributed by atoms with Crippen LogP contribution >= 0.6 is 27.3 Å². The van der Waals surface area contributed by atoms with Crippen LogP contribution in [-0.2, 0) is 6.54 Å². The molecule has 1 amide bonds. The zero-order valence-corrected chi connectivity index (χ0v) is 13.1. The number of anilines is 1. The highest BCUT2D eigenvalue weighted by atomic mass is 79.9. The Balaban J connectivity index is 2.16. The van der Waals surface area contributed by atoms with Crippen molar-refractivity contribution < 1.29 is 14.7 Å². The van der Waals surface area contributed by atoms with Crippen molar-refractivity contribution in [1.29, 1.82) is 0 Å². The van der Waals surface area contributed by atoms with E-state index < -0.39 is 5.97 Å². The van der Waals surface area contributed by atoms with Gasteiger partial charge in [0, 0.05) is 17.2 Å². The molecule has 2 aromatic rings. The summed E-state index contributed by atoms with van der Waals surface area (Å²) >= 11 is 4.39. The maximum atomic E-state index is 12.2. The summed E-state index contributed by atoms with van der Waals surface area (Å²) < 4.78 is 2.71. The Morgan fingerprint density at radius 2 is 2.20 bits per heavy atom. The number of nitrogens with one attached hydrogen (secondary N) is 1. The number of hydrogen-bond acceptors (Lipinski definition) is 3. The third-order valence-corrected chi connectivity index (χ3v) is 4.04. The van der Waals surface area contributed by atoms with Gasteiger partial charge in [0.25, 0.3) is 5.91 Å². The average molecular weight is 357 g/mol. The normalized spacial score (nSPS) is 10.5. The minimum atomic E-state index is -0.993. The Labute approximate surface area is 128 Å². The van der Waals surface area contributed by atoms with Gasteiger partial charge in [0.15, 0.2) is 0 Å². The molecule has 0 atom stereocenters. The van der Waals surface area contributed by atoms with Crippen LogP contribution in [0.1, 0.15) is 33.5 Å². The Hall–Kier alpha value is -1.60. The molecule has 20 heavy (non-hydrogen) atoms. The molecule has 0 radical (unpaired) electrons. The number of aromatic nitrogens is 1. The zero-order chi connectivity index (χ0) is 14.7. The first kappa shape index (κ1) is 14.8. The van der Waals surface area contributed by atoms with Gasteiger partial charge in [0.2, 0.25) is 0 Å². The first-order valence-electron chi connectivity index (χ1n) is 6.01. The number of aryl methyl sites for hydroxylation is 1. The van der Waals surface area contributed by atoms with Gasteiger partial charge in [-0.15, -0.1) is 11.3 Å². The molecule has 0 unspecified atom stereocenters. The summed E-state index contributed by atoms with van der Waals surface area (Å²) in [6.45, 7) is 2.78. The largest absolute Gasteiger partial charge is 0.477 e. The van der Waals surface area contributed by atoms with E-state index in [0.717, 1.165) is 28.8 Å². The van der Waals surface area contributed by atoms with E-state index in [9.17, 15) is 9.59 Å². The van der Waals surface area contributed by atoms with Gasteiger partial charge in [-0.3, -0.25) is 4.79 Å². The summed E-state index contributed by atoms with van der Waals surface area (Å²) in [4.78, 5) is 23.2.